The van der Waals surface area contributed by atoms with Gasteiger partial charge in [-0.05, 0) is 30.3 Å². The molecule has 2 amide bonds. The van der Waals surface area contributed by atoms with E-state index in [0.717, 1.165) is 5.56 Å². The maximum absolute atomic E-state index is 12.0. The molecule has 3 N–H and O–H groups in total. The topological polar surface area (TPSA) is 131 Å². The standard InChI is InChI=1S/C20H16ClN3O6/c21-13-4-5-16(15(9-13)20(27)28)24-19(26)11-29-10-18(25)23-14-3-1-2-12(8-14)17-6-7-22-30-17/h1-9H,10-11H2,(H,23,25)(H,24,26)(H,27,28). The van der Waals surface area contributed by atoms with Crippen molar-refractivity contribution in [3.63, 3.8) is 0 Å². The van der Waals surface area contributed by atoms with E-state index in [-0.39, 0.29) is 22.9 Å². The van der Waals surface area contributed by atoms with Crippen molar-refractivity contribution in [2.24, 2.45) is 0 Å². The summed E-state index contributed by atoms with van der Waals surface area (Å²) < 4.78 is 10.2. The summed E-state index contributed by atoms with van der Waals surface area (Å²) in [5.74, 6) is -1.75. The van der Waals surface area contributed by atoms with Crippen LogP contribution in [0.5, 0.6) is 0 Å². The Morgan fingerprint density at radius 1 is 1.03 bits per heavy atom. The van der Waals surface area contributed by atoms with Crippen LogP contribution in [0, 0.1) is 0 Å². The Hall–Kier alpha value is -3.69. The minimum absolute atomic E-state index is 0.0779. The SMILES string of the molecule is O=C(COCC(=O)Nc1ccc(Cl)cc1C(=O)O)Nc1cccc(-c2ccno2)c1. The molecular weight excluding hydrogens is 414 g/mol. The number of carboxylic acids is 1. The highest BCUT2D eigenvalue weighted by molar-refractivity contribution is 6.31. The average Bonchev–Trinajstić information content (AvgIpc) is 3.24. The molecule has 0 saturated carbocycles. The zero-order valence-electron chi connectivity index (χ0n) is 15.4. The Morgan fingerprint density at radius 3 is 2.50 bits per heavy atom. The number of hydrogen-bond acceptors (Lipinski definition) is 6. The molecule has 0 saturated heterocycles. The second-order valence-corrected chi connectivity index (χ2v) is 6.48. The van der Waals surface area contributed by atoms with Crippen LogP contribution in [0.1, 0.15) is 10.4 Å². The quantitative estimate of drug-likeness (QED) is 0.500. The maximum Gasteiger partial charge on any atom is 0.337 e. The third-order valence-corrected chi connectivity index (χ3v) is 4.06. The monoisotopic (exact) mass is 429 g/mol. The summed E-state index contributed by atoms with van der Waals surface area (Å²) in [6, 6.07) is 12.7. The van der Waals surface area contributed by atoms with Gasteiger partial charge in [0, 0.05) is 22.3 Å². The highest BCUT2D eigenvalue weighted by Gasteiger charge is 2.14. The molecule has 154 valence electrons. The van der Waals surface area contributed by atoms with E-state index in [1.54, 1.807) is 30.3 Å². The summed E-state index contributed by atoms with van der Waals surface area (Å²) in [4.78, 5) is 35.2. The van der Waals surface area contributed by atoms with Crippen molar-refractivity contribution >= 4 is 40.8 Å². The number of ether oxygens (including phenoxy) is 1. The number of nitrogens with zero attached hydrogens (tertiary/aromatic N) is 1. The van der Waals surface area contributed by atoms with Gasteiger partial charge in [0.2, 0.25) is 11.8 Å². The van der Waals surface area contributed by atoms with Crippen LogP contribution < -0.4 is 10.6 Å². The molecule has 0 atom stereocenters. The van der Waals surface area contributed by atoms with E-state index in [2.05, 4.69) is 15.8 Å². The third kappa shape index (κ3) is 5.66. The molecule has 1 heterocycles. The number of aromatic nitrogens is 1. The van der Waals surface area contributed by atoms with Crippen molar-refractivity contribution < 1.29 is 28.8 Å². The lowest BCUT2D eigenvalue weighted by Crippen LogP contribution is -2.24. The van der Waals surface area contributed by atoms with Gasteiger partial charge in [0.25, 0.3) is 0 Å². The number of carbonyl (C=O) groups is 3. The van der Waals surface area contributed by atoms with Crippen LogP contribution in [0.4, 0.5) is 11.4 Å². The second kappa shape index (κ2) is 9.68. The van der Waals surface area contributed by atoms with Gasteiger partial charge >= 0.3 is 5.97 Å². The van der Waals surface area contributed by atoms with E-state index in [0.29, 0.717) is 11.4 Å². The van der Waals surface area contributed by atoms with Gasteiger partial charge in [-0.25, -0.2) is 4.79 Å². The lowest BCUT2D eigenvalue weighted by Gasteiger charge is -2.10. The van der Waals surface area contributed by atoms with Crippen LogP contribution in [0.15, 0.2) is 59.3 Å². The van der Waals surface area contributed by atoms with Gasteiger partial charge in [0.05, 0.1) is 17.4 Å². The molecule has 0 aliphatic rings. The summed E-state index contributed by atoms with van der Waals surface area (Å²) in [6.07, 6.45) is 1.52. The van der Waals surface area contributed by atoms with Gasteiger partial charge in [0.1, 0.15) is 13.2 Å². The number of carbonyl (C=O) groups excluding carboxylic acids is 2. The number of nitrogens with one attached hydrogen (secondary N) is 2. The zero-order valence-corrected chi connectivity index (χ0v) is 16.2. The van der Waals surface area contributed by atoms with Crippen molar-refractivity contribution in [1.82, 2.24) is 5.16 Å². The summed E-state index contributed by atoms with van der Waals surface area (Å²) in [6.45, 7) is -0.806. The predicted octanol–water partition coefficient (Wildman–Crippen LogP) is 3.29. The van der Waals surface area contributed by atoms with Gasteiger partial charge in [-0.1, -0.05) is 28.9 Å². The molecule has 0 aliphatic carbocycles. The fraction of sp³-hybridized carbons (Fsp3) is 0.100. The Bertz CT molecular complexity index is 1070. The van der Waals surface area contributed by atoms with Crippen molar-refractivity contribution in [2.45, 2.75) is 0 Å². The van der Waals surface area contributed by atoms with E-state index in [4.69, 9.17) is 26.0 Å². The van der Waals surface area contributed by atoms with Crippen molar-refractivity contribution in [3.8, 4) is 11.3 Å². The van der Waals surface area contributed by atoms with Crippen LogP contribution in [0.3, 0.4) is 0 Å². The Balaban J connectivity index is 1.49. The molecule has 3 rings (SSSR count). The van der Waals surface area contributed by atoms with Gasteiger partial charge in [-0.2, -0.15) is 0 Å². The smallest absolute Gasteiger partial charge is 0.337 e. The summed E-state index contributed by atoms with van der Waals surface area (Å²) in [5, 5.41) is 18.1. The molecule has 0 fully saturated rings. The van der Waals surface area contributed by atoms with Crippen LogP contribution in [0.2, 0.25) is 5.02 Å². The number of hydrogen-bond donors (Lipinski definition) is 3. The molecule has 10 heteroatoms. The van der Waals surface area contributed by atoms with E-state index < -0.39 is 24.4 Å². The average molecular weight is 430 g/mol. The highest BCUT2D eigenvalue weighted by Crippen LogP contribution is 2.22. The summed E-state index contributed by atoms with van der Waals surface area (Å²) >= 11 is 5.77. The maximum atomic E-state index is 12.0. The van der Waals surface area contributed by atoms with Gasteiger partial charge in [0.15, 0.2) is 5.76 Å². The fourth-order valence-corrected chi connectivity index (χ4v) is 2.71. The number of halogens is 1. The van der Waals surface area contributed by atoms with Gasteiger partial charge in [-0.15, -0.1) is 0 Å². The Kier molecular flexibility index (Phi) is 6.79. The number of aromatic carboxylic acids is 1. The first-order chi connectivity index (χ1) is 14.4. The second-order valence-electron chi connectivity index (χ2n) is 6.04. The zero-order chi connectivity index (χ0) is 21.5. The van der Waals surface area contributed by atoms with E-state index >= 15 is 0 Å². The molecule has 9 nitrogen and oxygen atoms in total. The predicted molar refractivity (Wildman–Crippen MR) is 108 cm³/mol. The first-order valence-corrected chi connectivity index (χ1v) is 9.01. The fourth-order valence-electron chi connectivity index (χ4n) is 2.54. The molecule has 2 aromatic carbocycles. The first-order valence-electron chi connectivity index (χ1n) is 8.64. The van der Waals surface area contributed by atoms with Crippen LogP contribution in [0.25, 0.3) is 11.3 Å². The van der Waals surface area contributed by atoms with E-state index in [9.17, 15) is 14.4 Å². The van der Waals surface area contributed by atoms with Crippen LogP contribution in [-0.4, -0.2) is 41.3 Å². The molecule has 0 aliphatic heterocycles. The largest absolute Gasteiger partial charge is 0.478 e. The molecule has 1 aromatic heterocycles. The van der Waals surface area contributed by atoms with Crippen LogP contribution >= 0.6 is 11.6 Å². The molecule has 0 radical (unpaired) electrons. The summed E-state index contributed by atoms with van der Waals surface area (Å²) in [5.41, 5.74) is 1.19. The van der Waals surface area contributed by atoms with Gasteiger partial charge < -0.3 is 25.0 Å². The van der Waals surface area contributed by atoms with Crippen LogP contribution in [-0.2, 0) is 14.3 Å². The third-order valence-electron chi connectivity index (χ3n) is 3.82. The molecule has 0 spiro atoms. The number of anilines is 2. The number of rotatable bonds is 8. The minimum atomic E-state index is -1.24. The van der Waals surface area contributed by atoms with E-state index in [1.807, 2.05) is 0 Å². The molecule has 0 bridgehead atoms. The van der Waals surface area contributed by atoms with Gasteiger partial charge in [-0.3, -0.25) is 9.59 Å². The normalized spacial score (nSPS) is 10.4. The molecule has 0 unspecified atom stereocenters. The molecule has 30 heavy (non-hydrogen) atoms. The number of benzene rings is 2. The van der Waals surface area contributed by atoms with Crippen molar-refractivity contribution in [2.75, 3.05) is 23.8 Å². The lowest BCUT2D eigenvalue weighted by molar-refractivity contribution is -0.125. The molecular formula is C20H16ClN3O6. The number of carboxylic acid groups (broad SMARTS) is 1. The minimum Gasteiger partial charge on any atom is -0.478 e. The molecule has 3 aromatic rings. The number of amides is 2. The highest BCUT2D eigenvalue weighted by atomic mass is 35.5. The van der Waals surface area contributed by atoms with E-state index in [1.165, 1.54) is 24.4 Å². The van der Waals surface area contributed by atoms with Crippen molar-refractivity contribution in [3.05, 3.63) is 65.3 Å². The summed E-state index contributed by atoms with van der Waals surface area (Å²) in [7, 11) is 0. The van der Waals surface area contributed by atoms with Crippen molar-refractivity contribution in [1.29, 1.82) is 0 Å². The first kappa shape index (κ1) is 21.0. The lowest BCUT2D eigenvalue weighted by atomic mass is 10.1. The Labute approximate surface area is 175 Å². The Morgan fingerprint density at radius 2 is 1.80 bits per heavy atom.